The van der Waals surface area contributed by atoms with Crippen LogP contribution in [0.5, 0.6) is 0 Å². The van der Waals surface area contributed by atoms with Crippen molar-refractivity contribution in [1.82, 2.24) is 15.1 Å². The summed E-state index contributed by atoms with van der Waals surface area (Å²) in [5.41, 5.74) is 1.54. The third-order valence-electron chi connectivity index (χ3n) is 2.44. The molecule has 2 N–H and O–H groups in total. The number of H-pyrrole nitrogens is 1. The van der Waals surface area contributed by atoms with Crippen LogP contribution in [-0.2, 0) is 6.54 Å². The largest absolute Gasteiger partial charge is 0.323 e. The van der Waals surface area contributed by atoms with Crippen LogP contribution in [0.15, 0.2) is 36.7 Å². The Morgan fingerprint density at radius 3 is 2.94 bits per heavy atom. The fourth-order valence-corrected chi connectivity index (χ4v) is 1.67. The van der Waals surface area contributed by atoms with Gasteiger partial charge in [-0.3, -0.25) is 5.10 Å². The molecule has 5 nitrogen and oxygen atoms in total. The minimum absolute atomic E-state index is 0.218. The molecule has 18 heavy (non-hydrogen) atoms. The number of carbonyl (C=O) groups is 1. The number of aromatic nitrogens is 2. The maximum atomic E-state index is 11.9. The SMILES string of the molecule is CN(Cc1cn[nH]c1)C(=O)Nc1ccccc1Cl. The van der Waals surface area contributed by atoms with Crippen LogP contribution >= 0.6 is 11.6 Å². The van der Waals surface area contributed by atoms with E-state index in [9.17, 15) is 4.79 Å². The number of anilines is 1. The quantitative estimate of drug-likeness (QED) is 0.895. The number of para-hydroxylation sites is 1. The van der Waals surface area contributed by atoms with Crippen molar-refractivity contribution >= 4 is 23.3 Å². The molecule has 1 aromatic carbocycles. The lowest BCUT2D eigenvalue weighted by molar-refractivity contribution is 0.220. The smallest absolute Gasteiger partial charge is 0.321 e. The number of carbonyl (C=O) groups excluding carboxylic acids is 1. The van der Waals surface area contributed by atoms with Gasteiger partial charge in [0.15, 0.2) is 0 Å². The number of nitrogens with zero attached hydrogens (tertiary/aromatic N) is 2. The second kappa shape index (κ2) is 5.55. The Morgan fingerprint density at radius 2 is 2.28 bits per heavy atom. The van der Waals surface area contributed by atoms with Crippen LogP contribution in [-0.4, -0.2) is 28.2 Å². The molecule has 0 aliphatic carbocycles. The fourth-order valence-electron chi connectivity index (χ4n) is 1.48. The molecule has 0 bridgehead atoms. The lowest BCUT2D eigenvalue weighted by Crippen LogP contribution is -2.30. The molecule has 2 aromatic rings. The molecule has 94 valence electrons. The molecule has 0 radical (unpaired) electrons. The summed E-state index contributed by atoms with van der Waals surface area (Å²) in [6.07, 6.45) is 3.43. The molecule has 0 fully saturated rings. The summed E-state index contributed by atoms with van der Waals surface area (Å²) in [7, 11) is 1.71. The monoisotopic (exact) mass is 264 g/mol. The maximum Gasteiger partial charge on any atom is 0.321 e. The van der Waals surface area contributed by atoms with Crippen LogP contribution in [0.25, 0.3) is 0 Å². The van der Waals surface area contributed by atoms with Crippen LogP contribution in [0.2, 0.25) is 5.02 Å². The first kappa shape index (κ1) is 12.4. The highest BCUT2D eigenvalue weighted by Gasteiger charge is 2.11. The number of hydrogen-bond acceptors (Lipinski definition) is 2. The second-order valence-electron chi connectivity index (χ2n) is 3.87. The summed E-state index contributed by atoms with van der Waals surface area (Å²) >= 11 is 5.97. The van der Waals surface area contributed by atoms with Gasteiger partial charge in [-0.2, -0.15) is 5.10 Å². The van der Waals surface area contributed by atoms with Gasteiger partial charge >= 0.3 is 6.03 Å². The van der Waals surface area contributed by atoms with Gasteiger partial charge in [-0.05, 0) is 12.1 Å². The lowest BCUT2D eigenvalue weighted by atomic mass is 10.3. The van der Waals surface area contributed by atoms with E-state index in [0.717, 1.165) is 5.56 Å². The minimum Gasteiger partial charge on any atom is -0.323 e. The number of amides is 2. The molecule has 6 heteroatoms. The molecule has 0 saturated carbocycles. The molecule has 1 heterocycles. The lowest BCUT2D eigenvalue weighted by Gasteiger charge is -2.17. The highest BCUT2D eigenvalue weighted by molar-refractivity contribution is 6.33. The Balaban J connectivity index is 1.98. The van der Waals surface area contributed by atoms with Gasteiger partial charge in [-0.15, -0.1) is 0 Å². The van der Waals surface area contributed by atoms with Crippen molar-refractivity contribution in [3.05, 3.63) is 47.2 Å². The van der Waals surface area contributed by atoms with E-state index in [4.69, 9.17) is 11.6 Å². The zero-order valence-corrected chi connectivity index (χ0v) is 10.6. The van der Waals surface area contributed by atoms with Gasteiger partial charge in [-0.25, -0.2) is 4.79 Å². The maximum absolute atomic E-state index is 11.9. The molecule has 0 atom stereocenters. The van der Waals surface area contributed by atoms with Gasteiger partial charge in [0.25, 0.3) is 0 Å². The minimum atomic E-state index is -0.218. The molecule has 2 amide bonds. The Kier molecular flexibility index (Phi) is 3.84. The zero-order chi connectivity index (χ0) is 13.0. The van der Waals surface area contributed by atoms with E-state index in [1.165, 1.54) is 0 Å². The molecule has 0 aliphatic rings. The van der Waals surface area contributed by atoms with E-state index in [1.54, 1.807) is 36.5 Å². The summed E-state index contributed by atoms with van der Waals surface area (Å²) in [4.78, 5) is 13.5. The molecule has 0 spiro atoms. The van der Waals surface area contributed by atoms with Gasteiger partial charge < -0.3 is 10.2 Å². The average Bonchev–Trinajstić information content (AvgIpc) is 2.84. The van der Waals surface area contributed by atoms with E-state index in [1.807, 2.05) is 12.1 Å². The molecule has 1 aromatic heterocycles. The number of hydrogen-bond donors (Lipinski definition) is 2. The molecule has 0 unspecified atom stereocenters. The van der Waals surface area contributed by atoms with E-state index >= 15 is 0 Å². The Labute approximate surface area is 110 Å². The molecule has 0 saturated heterocycles. The van der Waals surface area contributed by atoms with Crippen molar-refractivity contribution < 1.29 is 4.79 Å². The van der Waals surface area contributed by atoms with Gasteiger partial charge in [0.1, 0.15) is 0 Å². The van der Waals surface area contributed by atoms with Crippen molar-refractivity contribution in [3.8, 4) is 0 Å². The first-order chi connectivity index (χ1) is 8.66. The summed E-state index contributed by atoms with van der Waals surface area (Å²) in [5, 5.41) is 9.79. The highest BCUT2D eigenvalue weighted by Crippen LogP contribution is 2.20. The van der Waals surface area contributed by atoms with Gasteiger partial charge in [0, 0.05) is 18.8 Å². The normalized spacial score (nSPS) is 10.1. The third-order valence-corrected chi connectivity index (χ3v) is 2.77. The number of urea groups is 1. The third kappa shape index (κ3) is 3.01. The van der Waals surface area contributed by atoms with Gasteiger partial charge in [-0.1, -0.05) is 23.7 Å². The topological polar surface area (TPSA) is 61.0 Å². The summed E-state index contributed by atoms with van der Waals surface area (Å²) in [6.45, 7) is 0.479. The molecular weight excluding hydrogens is 252 g/mol. The van der Waals surface area contributed by atoms with E-state index in [2.05, 4.69) is 15.5 Å². The number of nitrogens with one attached hydrogen (secondary N) is 2. The first-order valence-corrected chi connectivity index (χ1v) is 5.79. The van der Waals surface area contributed by atoms with Crippen molar-refractivity contribution in [2.75, 3.05) is 12.4 Å². The van der Waals surface area contributed by atoms with Crippen molar-refractivity contribution in [2.45, 2.75) is 6.54 Å². The zero-order valence-electron chi connectivity index (χ0n) is 9.85. The van der Waals surface area contributed by atoms with Crippen LogP contribution in [0.3, 0.4) is 0 Å². The van der Waals surface area contributed by atoms with Crippen LogP contribution in [0.4, 0.5) is 10.5 Å². The number of halogens is 1. The van der Waals surface area contributed by atoms with E-state index in [0.29, 0.717) is 17.3 Å². The highest BCUT2D eigenvalue weighted by atomic mass is 35.5. The first-order valence-electron chi connectivity index (χ1n) is 5.41. The number of aromatic amines is 1. The van der Waals surface area contributed by atoms with Gasteiger partial charge in [0.2, 0.25) is 0 Å². The standard InChI is InChI=1S/C12H13ClN4O/c1-17(8-9-6-14-15-7-9)12(18)16-11-5-3-2-4-10(11)13/h2-7H,8H2,1H3,(H,14,15)(H,16,18). The van der Waals surface area contributed by atoms with Crippen LogP contribution in [0.1, 0.15) is 5.56 Å². The second-order valence-corrected chi connectivity index (χ2v) is 4.28. The molecular formula is C12H13ClN4O. The Hall–Kier alpha value is -2.01. The fraction of sp³-hybridized carbons (Fsp3) is 0.167. The van der Waals surface area contributed by atoms with E-state index < -0.39 is 0 Å². The van der Waals surface area contributed by atoms with E-state index in [-0.39, 0.29) is 6.03 Å². The predicted octanol–water partition coefficient (Wildman–Crippen LogP) is 2.73. The van der Waals surface area contributed by atoms with Crippen molar-refractivity contribution in [3.63, 3.8) is 0 Å². The summed E-state index contributed by atoms with van der Waals surface area (Å²) in [5.74, 6) is 0. The number of benzene rings is 1. The van der Waals surface area contributed by atoms with Crippen LogP contribution in [0, 0.1) is 0 Å². The van der Waals surface area contributed by atoms with Gasteiger partial charge in [0.05, 0.1) is 23.5 Å². The summed E-state index contributed by atoms with van der Waals surface area (Å²) < 4.78 is 0. The predicted molar refractivity (Wildman–Crippen MR) is 70.5 cm³/mol. The van der Waals surface area contributed by atoms with Crippen molar-refractivity contribution in [2.24, 2.45) is 0 Å². The average molecular weight is 265 g/mol. The molecule has 2 rings (SSSR count). The molecule has 0 aliphatic heterocycles. The Bertz CT molecular complexity index is 527. The van der Waals surface area contributed by atoms with Crippen LogP contribution < -0.4 is 5.32 Å². The van der Waals surface area contributed by atoms with Crippen molar-refractivity contribution in [1.29, 1.82) is 0 Å². The number of rotatable bonds is 3. The Morgan fingerprint density at radius 1 is 1.50 bits per heavy atom. The summed E-state index contributed by atoms with van der Waals surface area (Å²) in [6, 6.07) is 6.90.